The van der Waals surface area contributed by atoms with Crippen molar-refractivity contribution in [1.82, 2.24) is 7.60 Å². The monoisotopic (exact) mass is 560 g/mol. The van der Waals surface area contributed by atoms with Gasteiger partial charge in [0.25, 0.3) is 0 Å². The van der Waals surface area contributed by atoms with Crippen LogP contribution in [0.4, 0.5) is 0 Å². The predicted octanol–water partition coefficient (Wildman–Crippen LogP) is 3.27. The second-order valence-corrected chi connectivity index (χ2v) is 105. The first-order chi connectivity index (χ1) is 9.69. The van der Waals surface area contributed by atoms with Crippen molar-refractivity contribution in [3.63, 3.8) is 0 Å². The summed E-state index contributed by atoms with van der Waals surface area (Å²) in [4.78, 5) is 22.3. The van der Waals surface area contributed by atoms with Crippen LogP contribution in [0.1, 0.15) is 41.5 Å². The molecule has 12 heteroatoms. The van der Waals surface area contributed by atoms with Gasteiger partial charge in [-0.15, -0.1) is 0 Å². The number of halogens is 2. The Morgan fingerprint density at radius 2 is 1.55 bits per heavy atom. The Bertz CT molecular complexity index is 451. The molecule has 1 heterocycles. The summed E-state index contributed by atoms with van der Waals surface area (Å²) in [6.07, 6.45) is 1.64. The first-order valence-corrected chi connectivity index (χ1v) is 38.3. The predicted molar refractivity (Wildman–Crippen MR) is 69.5 cm³/mol. The molecular formula is C10H22Cl2N2O2Ti6. The van der Waals surface area contributed by atoms with E-state index in [0.29, 0.717) is 0 Å². The van der Waals surface area contributed by atoms with Crippen LogP contribution in [0.15, 0.2) is 0 Å². The third kappa shape index (κ3) is 5.42. The van der Waals surface area contributed by atoms with E-state index in [-0.39, 0.29) is 20.2 Å². The molecule has 0 saturated carbocycles. The molecule has 1 aliphatic rings. The van der Waals surface area contributed by atoms with Gasteiger partial charge < -0.3 is 0 Å². The molecule has 22 heavy (non-hydrogen) atoms. The van der Waals surface area contributed by atoms with E-state index in [4.69, 9.17) is 18.6 Å². The van der Waals surface area contributed by atoms with Crippen molar-refractivity contribution in [2.45, 2.75) is 49.0 Å². The molecule has 1 saturated heterocycles. The Morgan fingerprint density at radius 1 is 1.05 bits per heavy atom. The zero-order valence-electron chi connectivity index (χ0n) is 13.7. The van der Waals surface area contributed by atoms with E-state index in [2.05, 4.69) is 49.1 Å². The van der Waals surface area contributed by atoms with Gasteiger partial charge >= 0.3 is 165 Å². The van der Waals surface area contributed by atoms with Gasteiger partial charge in [-0.2, -0.15) is 0 Å². The molecule has 0 aromatic heterocycles. The zero-order valence-corrected chi connectivity index (χ0v) is 24.6. The van der Waals surface area contributed by atoms with Crippen LogP contribution in [0.5, 0.6) is 0 Å². The van der Waals surface area contributed by atoms with Crippen molar-refractivity contribution in [2.75, 3.05) is 0 Å². The van der Waals surface area contributed by atoms with Gasteiger partial charge in [0.1, 0.15) is 0 Å². The number of amides is 2. The molecule has 2 amide bonds. The number of nitrogens with one attached hydrogen (secondary N) is 2. The van der Waals surface area contributed by atoms with Gasteiger partial charge in [0.15, 0.2) is 0 Å². The summed E-state index contributed by atoms with van der Waals surface area (Å²) >= 11 is -2.81. The summed E-state index contributed by atoms with van der Waals surface area (Å²) in [6, 6.07) is 0. The fourth-order valence-electron chi connectivity index (χ4n) is 3.01. The van der Waals surface area contributed by atoms with Crippen LogP contribution in [0.3, 0.4) is 0 Å². The van der Waals surface area contributed by atoms with Crippen molar-refractivity contribution in [1.29, 1.82) is 0 Å². The molecule has 0 atom stereocenters. The Morgan fingerprint density at radius 3 is 1.91 bits per heavy atom. The van der Waals surface area contributed by atoms with E-state index < -0.39 is 54.4 Å². The summed E-state index contributed by atoms with van der Waals surface area (Å²) in [5.41, 5.74) is 0. The fraction of sp³-hybridized carbons (Fsp3) is 0.800. The number of hydrogen-bond donors (Lipinski definition) is 2. The third-order valence-electron chi connectivity index (χ3n) is 3.83. The van der Waals surface area contributed by atoms with Crippen LogP contribution in [0.2, 0.25) is 7.44 Å². The second kappa shape index (κ2) is 8.04. The average molecular weight is 560 g/mol. The second-order valence-electron chi connectivity index (χ2n) is 7.54. The normalized spacial score (nSPS) is 24.4. The van der Waals surface area contributed by atoms with E-state index >= 15 is 0 Å². The average Bonchev–Trinajstić information content (AvgIpc) is 2.24. The molecule has 1 aliphatic heterocycles. The first-order valence-electron chi connectivity index (χ1n) is 6.93. The van der Waals surface area contributed by atoms with Gasteiger partial charge in [-0.3, -0.25) is 0 Å². The Labute approximate surface area is 161 Å². The van der Waals surface area contributed by atoms with Gasteiger partial charge in [-0.05, 0) is 0 Å². The number of hydrogen-bond acceptors (Lipinski definition) is 2. The maximum absolute atomic E-state index is 11.2. The zero-order chi connectivity index (χ0) is 17.5. The number of carbonyl (C=O) groups is 2. The van der Waals surface area contributed by atoms with E-state index in [1.165, 1.54) is 0 Å². The van der Waals surface area contributed by atoms with E-state index in [9.17, 15) is 9.59 Å². The van der Waals surface area contributed by atoms with Crippen LogP contribution < -0.4 is 7.60 Å². The molecule has 122 valence electrons. The molecule has 0 spiro atoms. The minimum absolute atomic E-state index is 0.113. The molecule has 0 radical (unpaired) electrons. The number of rotatable bonds is 4. The Balaban J connectivity index is 3.49. The van der Waals surface area contributed by atoms with Crippen LogP contribution in [0, 0.1) is 0 Å². The fourth-order valence-corrected chi connectivity index (χ4v) is 488. The van der Waals surface area contributed by atoms with Crippen LogP contribution in [0.25, 0.3) is 0 Å². The van der Waals surface area contributed by atoms with Crippen LogP contribution in [-0.2, 0) is 76.7 Å². The molecular weight excluding hydrogens is 538 g/mol. The Kier molecular flexibility index (Phi) is 8.72. The van der Waals surface area contributed by atoms with Crippen molar-refractivity contribution in [3.8, 4) is 0 Å². The molecule has 0 aliphatic carbocycles. The first kappa shape index (κ1) is 23.8. The Hall–Kier alpha value is 3.81. The summed E-state index contributed by atoms with van der Waals surface area (Å²) in [6.45, 7) is 14.2. The van der Waals surface area contributed by atoms with Crippen molar-refractivity contribution >= 4 is 31.4 Å². The minimum atomic E-state index is -3.82. The summed E-state index contributed by atoms with van der Waals surface area (Å²) in [7, 11) is 8.11. The molecule has 2 N–H and O–H groups in total. The molecule has 0 bridgehead atoms. The topological polar surface area (TPSA) is 58.2 Å². The SMILES string of the molecule is C[C](C)(C)[Ti]1([C](C)(C)C)[Ti][Ti]([NH]C=O)[Ti][Ti]([Cl])([Cl])([NH]C=O)[Ti]1. The summed E-state index contributed by atoms with van der Waals surface area (Å²) in [5, 5.41) is 0. The van der Waals surface area contributed by atoms with Crippen molar-refractivity contribution < 1.29 is 76.7 Å². The van der Waals surface area contributed by atoms with Gasteiger partial charge in [0.05, 0.1) is 0 Å². The van der Waals surface area contributed by atoms with E-state index in [0.717, 1.165) is 12.8 Å². The molecule has 0 aromatic rings. The van der Waals surface area contributed by atoms with Gasteiger partial charge in [0.2, 0.25) is 0 Å². The van der Waals surface area contributed by atoms with Crippen LogP contribution >= 0.6 is 18.6 Å². The molecule has 0 unspecified atom stereocenters. The third-order valence-corrected chi connectivity index (χ3v) is 218. The summed E-state index contributed by atoms with van der Waals surface area (Å²) < 4.78 is 6.81. The van der Waals surface area contributed by atoms with E-state index in [1.807, 2.05) is 0 Å². The van der Waals surface area contributed by atoms with Crippen LogP contribution in [-0.4, -0.2) is 12.8 Å². The molecule has 0 aromatic carbocycles. The van der Waals surface area contributed by atoms with Gasteiger partial charge in [0, 0.05) is 0 Å². The molecule has 1 fully saturated rings. The van der Waals surface area contributed by atoms with E-state index in [1.54, 1.807) is 0 Å². The maximum atomic E-state index is 11.2. The standard InChI is InChI=1S/2C4H9.2CH3NO.2ClH.6Ti/c2*1-4(2)3;2*2-1-3;;;;;;;;/h2*1-3H3;2*1H,(H2,2,3);2*1H;;;;;;/q;;;;;;;;;;+1;+3/p-4. The van der Waals surface area contributed by atoms with Gasteiger partial charge in [-0.1, -0.05) is 0 Å². The number of carbonyl (C=O) groups excluding carboxylic acids is 2. The van der Waals surface area contributed by atoms with Gasteiger partial charge in [-0.25, -0.2) is 0 Å². The summed E-state index contributed by atoms with van der Waals surface area (Å²) in [5.74, 6) is 0. The quantitative estimate of drug-likeness (QED) is 0.410. The molecule has 1 rings (SSSR count). The van der Waals surface area contributed by atoms with Crippen molar-refractivity contribution in [3.05, 3.63) is 0 Å². The van der Waals surface area contributed by atoms with Crippen molar-refractivity contribution in [2.24, 2.45) is 0 Å². The molecule has 4 nitrogen and oxygen atoms in total.